The molecule has 5 nitrogen and oxygen atoms in total. The van der Waals surface area contributed by atoms with Gasteiger partial charge >= 0.3 is 6.09 Å². The molecule has 136 valence electrons. The van der Waals surface area contributed by atoms with Gasteiger partial charge in [-0.15, -0.1) is 0 Å². The van der Waals surface area contributed by atoms with Crippen molar-refractivity contribution in [2.45, 2.75) is 64.7 Å². The number of amides is 1. The minimum Gasteiger partial charge on any atom is -0.444 e. The van der Waals surface area contributed by atoms with Gasteiger partial charge in [-0.2, -0.15) is 0 Å². The first-order chi connectivity index (χ1) is 10.9. The summed E-state index contributed by atoms with van der Waals surface area (Å²) in [6.45, 7) is 11.0. The maximum absolute atomic E-state index is 12.8. The van der Waals surface area contributed by atoms with E-state index in [2.05, 4.69) is 5.32 Å². The number of alkyl carbamates (subject to hydrolysis) is 1. The second-order valence-corrected chi connectivity index (χ2v) is 9.74. The van der Waals surface area contributed by atoms with Crippen LogP contribution < -0.4 is 5.32 Å². The third kappa shape index (κ3) is 7.34. The Morgan fingerprint density at radius 2 is 1.71 bits per heavy atom. The lowest BCUT2D eigenvalue weighted by atomic mass is 10.1. The van der Waals surface area contributed by atoms with Crippen LogP contribution in [0.4, 0.5) is 4.79 Å². The predicted octanol–water partition coefficient (Wildman–Crippen LogP) is 3.81. The van der Waals surface area contributed by atoms with E-state index < -0.39 is 26.9 Å². The van der Waals surface area contributed by atoms with Crippen LogP contribution in [0.3, 0.4) is 0 Å². The molecule has 0 aromatic heterocycles. The average molecular weight is 356 g/mol. The average Bonchev–Trinajstić information content (AvgIpc) is 2.37. The van der Waals surface area contributed by atoms with Crippen LogP contribution >= 0.6 is 0 Å². The van der Waals surface area contributed by atoms with Crippen LogP contribution in [0.2, 0.25) is 0 Å². The Bertz CT molecular complexity index is 643. The second kappa shape index (κ2) is 8.01. The van der Waals surface area contributed by atoms with E-state index in [0.29, 0.717) is 12.0 Å². The van der Waals surface area contributed by atoms with E-state index in [-0.39, 0.29) is 11.7 Å². The van der Waals surface area contributed by atoms with E-state index in [1.807, 2.05) is 32.9 Å². The molecular formula is C18H29NO4S. The summed E-state index contributed by atoms with van der Waals surface area (Å²) in [4.78, 5) is 12.0. The van der Waals surface area contributed by atoms with Gasteiger partial charge in [0.25, 0.3) is 0 Å². The fourth-order valence-corrected chi connectivity index (χ4v) is 3.99. The van der Waals surface area contributed by atoms with Crippen molar-refractivity contribution in [2.24, 2.45) is 5.92 Å². The highest BCUT2D eigenvalue weighted by atomic mass is 32.2. The number of ether oxygens (including phenoxy) is 1. The molecule has 0 saturated heterocycles. The highest BCUT2D eigenvalue weighted by molar-refractivity contribution is 7.91. The summed E-state index contributed by atoms with van der Waals surface area (Å²) in [7, 11) is -3.55. The molecule has 0 aliphatic rings. The third-order valence-electron chi connectivity index (χ3n) is 3.29. The number of carbonyl (C=O) groups is 1. The molecule has 0 bridgehead atoms. The molecule has 0 radical (unpaired) electrons. The first-order valence-corrected chi connectivity index (χ1v) is 9.87. The van der Waals surface area contributed by atoms with Crippen molar-refractivity contribution in [3.05, 3.63) is 35.4 Å². The predicted molar refractivity (Wildman–Crippen MR) is 96.4 cm³/mol. The van der Waals surface area contributed by atoms with Crippen molar-refractivity contribution in [1.29, 1.82) is 0 Å². The molecule has 1 atom stereocenters. The molecule has 1 rings (SSSR count). The van der Waals surface area contributed by atoms with Gasteiger partial charge in [0, 0.05) is 0 Å². The van der Waals surface area contributed by atoms with Gasteiger partial charge in [0.15, 0.2) is 9.84 Å². The van der Waals surface area contributed by atoms with Crippen molar-refractivity contribution in [3.8, 4) is 0 Å². The number of carbonyl (C=O) groups excluding carboxylic acids is 1. The molecule has 1 N–H and O–H groups in total. The van der Waals surface area contributed by atoms with Crippen molar-refractivity contribution < 1.29 is 17.9 Å². The van der Waals surface area contributed by atoms with Gasteiger partial charge in [0.2, 0.25) is 0 Å². The smallest absolute Gasteiger partial charge is 0.408 e. The fourth-order valence-electron chi connectivity index (χ4n) is 2.18. The summed E-state index contributed by atoms with van der Waals surface area (Å²) in [5, 5.41) is 1.56. The highest BCUT2D eigenvalue weighted by Gasteiger charge is 2.30. The zero-order valence-electron chi connectivity index (χ0n) is 15.4. The van der Waals surface area contributed by atoms with Crippen molar-refractivity contribution >= 4 is 15.9 Å². The third-order valence-corrected chi connectivity index (χ3v) is 5.20. The van der Waals surface area contributed by atoms with Gasteiger partial charge < -0.3 is 10.1 Å². The Hall–Kier alpha value is -1.56. The van der Waals surface area contributed by atoms with Crippen LogP contribution in [-0.4, -0.2) is 25.5 Å². The van der Waals surface area contributed by atoms with E-state index in [1.54, 1.807) is 32.9 Å². The summed E-state index contributed by atoms with van der Waals surface area (Å²) in [6, 6.07) is 7.35. The normalized spacial score (nSPS) is 13.6. The number of hydrogen-bond acceptors (Lipinski definition) is 4. The number of rotatable bonds is 6. The number of aryl methyl sites for hydroxylation is 1. The molecule has 0 saturated carbocycles. The molecule has 0 fully saturated rings. The van der Waals surface area contributed by atoms with Gasteiger partial charge in [0.1, 0.15) is 11.0 Å². The van der Waals surface area contributed by atoms with Gasteiger partial charge in [-0.25, -0.2) is 13.2 Å². The standard InChI is InChI=1S/C18H29NO4S/c1-13(2)11-16(19-17(20)23-18(4,5)6)24(21,22)12-15-9-7-14(3)8-10-15/h7-10,13,16H,11-12H2,1-6H3,(H,19,20)/t16-/m0/s1. The maximum Gasteiger partial charge on any atom is 0.408 e. The van der Waals surface area contributed by atoms with Gasteiger partial charge in [-0.3, -0.25) is 0 Å². The van der Waals surface area contributed by atoms with Crippen LogP contribution in [0.15, 0.2) is 24.3 Å². The number of benzene rings is 1. The van der Waals surface area contributed by atoms with E-state index in [9.17, 15) is 13.2 Å². The number of hydrogen-bond donors (Lipinski definition) is 1. The Labute approximate surface area is 145 Å². The Morgan fingerprint density at radius 3 is 2.17 bits per heavy atom. The summed E-state index contributed by atoms with van der Waals surface area (Å²) in [5.74, 6) is 0.0122. The van der Waals surface area contributed by atoms with Crippen LogP contribution in [0.1, 0.15) is 52.2 Å². The Kier molecular flexibility index (Phi) is 6.84. The minimum absolute atomic E-state index is 0.111. The molecule has 0 heterocycles. The molecule has 0 aliphatic carbocycles. The van der Waals surface area contributed by atoms with Crippen LogP contribution in [-0.2, 0) is 20.3 Å². The summed E-state index contributed by atoms with van der Waals surface area (Å²) < 4.78 is 30.7. The van der Waals surface area contributed by atoms with Gasteiger partial charge in [-0.1, -0.05) is 43.7 Å². The molecule has 1 aromatic carbocycles. The Balaban J connectivity index is 2.92. The molecule has 24 heavy (non-hydrogen) atoms. The zero-order valence-corrected chi connectivity index (χ0v) is 16.2. The lowest BCUT2D eigenvalue weighted by molar-refractivity contribution is 0.0516. The monoisotopic (exact) mass is 355 g/mol. The first kappa shape index (κ1) is 20.5. The Morgan fingerprint density at radius 1 is 1.17 bits per heavy atom. The van der Waals surface area contributed by atoms with E-state index in [1.165, 1.54) is 0 Å². The van der Waals surface area contributed by atoms with Crippen LogP contribution in [0.25, 0.3) is 0 Å². The molecule has 0 spiro atoms. The topological polar surface area (TPSA) is 72.5 Å². The van der Waals surface area contributed by atoms with E-state index >= 15 is 0 Å². The molecule has 0 aliphatic heterocycles. The highest BCUT2D eigenvalue weighted by Crippen LogP contribution is 2.18. The van der Waals surface area contributed by atoms with Crippen molar-refractivity contribution in [3.63, 3.8) is 0 Å². The van der Waals surface area contributed by atoms with E-state index in [4.69, 9.17) is 4.74 Å². The first-order valence-electron chi connectivity index (χ1n) is 8.15. The molecule has 1 amide bonds. The van der Waals surface area contributed by atoms with Crippen LogP contribution in [0.5, 0.6) is 0 Å². The number of nitrogens with one attached hydrogen (secondary N) is 1. The van der Waals surface area contributed by atoms with Gasteiger partial charge in [-0.05, 0) is 45.6 Å². The number of sulfone groups is 1. The zero-order chi connectivity index (χ0) is 18.5. The van der Waals surface area contributed by atoms with Gasteiger partial charge in [0.05, 0.1) is 5.75 Å². The second-order valence-electron chi connectivity index (χ2n) is 7.56. The fraction of sp³-hybridized carbons (Fsp3) is 0.611. The SMILES string of the molecule is Cc1ccc(CS(=O)(=O)[C@@H](CC(C)C)NC(=O)OC(C)(C)C)cc1. The maximum atomic E-state index is 12.8. The van der Waals surface area contributed by atoms with Crippen LogP contribution in [0, 0.1) is 12.8 Å². The molecule has 0 unspecified atom stereocenters. The molecular weight excluding hydrogens is 326 g/mol. The van der Waals surface area contributed by atoms with Crippen molar-refractivity contribution in [2.75, 3.05) is 0 Å². The largest absolute Gasteiger partial charge is 0.444 e. The van der Waals surface area contributed by atoms with E-state index in [0.717, 1.165) is 5.56 Å². The lowest BCUT2D eigenvalue weighted by Gasteiger charge is -2.24. The summed E-state index contributed by atoms with van der Waals surface area (Å²) in [5.41, 5.74) is 1.11. The molecule has 1 aromatic rings. The summed E-state index contributed by atoms with van der Waals surface area (Å²) in [6.07, 6.45) is -0.367. The summed E-state index contributed by atoms with van der Waals surface area (Å²) >= 11 is 0. The lowest BCUT2D eigenvalue weighted by Crippen LogP contribution is -2.44. The molecule has 6 heteroatoms. The quantitative estimate of drug-likeness (QED) is 0.842. The van der Waals surface area contributed by atoms with Crippen molar-refractivity contribution in [1.82, 2.24) is 5.32 Å². The minimum atomic E-state index is -3.55.